The Bertz CT molecular complexity index is 659. The van der Waals surface area contributed by atoms with E-state index in [0.717, 1.165) is 18.7 Å². The second-order valence-corrected chi connectivity index (χ2v) is 5.86. The highest BCUT2D eigenvalue weighted by atomic mass is 16.2. The quantitative estimate of drug-likeness (QED) is 0.825. The molecule has 0 unspecified atom stereocenters. The van der Waals surface area contributed by atoms with Crippen LogP contribution < -0.4 is 10.6 Å². The fraction of sp³-hybridized carbons (Fsp3) is 0.333. The summed E-state index contributed by atoms with van der Waals surface area (Å²) >= 11 is 0. The number of nitrogens with zero attached hydrogens (tertiary/aromatic N) is 2. The van der Waals surface area contributed by atoms with Crippen LogP contribution in [-0.4, -0.2) is 42.0 Å². The lowest BCUT2D eigenvalue weighted by atomic mass is 9.94. The summed E-state index contributed by atoms with van der Waals surface area (Å²) in [6.07, 6.45) is 4.28. The van der Waals surface area contributed by atoms with Gasteiger partial charge in [0.05, 0.1) is 11.7 Å². The molecule has 1 aliphatic rings. The van der Waals surface area contributed by atoms with E-state index in [-0.39, 0.29) is 11.9 Å². The van der Waals surface area contributed by atoms with E-state index in [4.69, 9.17) is 0 Å². The van der Waals surface area contributed by atoms with Crippen LogP contribution in [0.5, 0.6) is 0 Å². The Labute approximate surface area is 136 Å². The van der Waals surface area contributed by atoms with Crippen LogP contribution in [0.3, 0.4) is 0 Å². The van der Waals surface area contributed by atoms with Crippen molar-refractivity contribution in [2.45, 2.75) is 19.0 Å². The molecule has 1 amide bonds. The molecule has 1 aromatic carbocycles. The summed E-state index contributed by atoms with van der Waals surface area (Å²) in [5.74, 6) is 0.0926. The Kier molecular flexibility index (Phi) is 4.88. The molecule has 1 atom stereocenters. The van der Waals surface area contributed by atoms with Gasteiger partial charge in [0, 0.05) is 32.0 Å². The van der Waals surface area contributed by atoms with Crippen molar-refractivity contribution in [3.05, 3.63) is 59.9 Å². The number of rotatable bonds is 5. The van der Waals surface area contributed by atoms with Crippen LogP contribution in [0.2, 0.25) is 0 Å². The van der Waals surface area contributed by atoms with Crippen molar-refractivity contribution in [1.29, 1.82) is 0 Å². The van der Waals surface area contributed by atoms with Gasteiger partial charge in [-0.15, -0.1) is 0 Å². The van der Waals surface area contributed by atoms with Crippen molar-refractivity contribution in [2.75, 3.05) is 25.5 Å². The Morgan fingerprint density at radius 3 is 2.83 bits per heavy atom. The van der Waals surface area contributed by atoms with Gasteiger partial charge in [0.1, 0.15) is 0 Å². The number of hydrogen-bond donors (Lipinski definition) is 2. The molecule has 1 aliphatic heterocycles. The first-order valence-electron chi connectivity index (χ1n) is 7.92. The van der Waals surface area contributed by atoms with E-state index < -0.39 is 0 Å². The zero-order valence-corrected chi connectivity index (χ0v) is 13.3. The van der Waals surface area contributed by atoms with Crippen LogP contribution in [0.4, 0.5) is 5.69 Å². The first-order chi connectivity index (χ1) is 11.2. The third kappa shape index (κ3) is 3.87. The number of benzene rings is 1. The van der Waals surface area contributed by atoms with Gasteiger partial charge in [-0.1, -0.05) is 24.3 Å². The van der Waals surface area contributed by atoms with Crippen molar-refractivity contribution in [3.63, 3.8) is 0 Å². The van der Waals surface area contributed by atoms with Gasteiger partial charge >= 0.3 is 0 Å². The van der Waals surface area contributed by atoms with E-state index in [1.807, 2.05) is 25.2 Å². The van der Waals surface area contributed by atoms with Gasteiger partial charge in [0.2, 0.25) is 5.91 Å². The predicted molar refractivity (Wildman–Crippen MR) is 91.1 cm³/mol. The Hall–Kier alpha value is -2.40. The van der Waals surface area contributed by atoms with E-state index in [9.17, 15) is 4.79 Å². The molecule has 2 N–H and O–H groups in total. The van der Waals surface area contributed by atoms with Gasteiger partial charge in [0.25, 0.3) is 0 Å². The van der Waals surface area contributed by atoms with Gasteiger partial charge in [-0.25, -0.2) is 0 Å². The standard InChI is InChI=1S/C18H22N4O/c1-22-13-15-6-3-2-5-14(15)11-17(22)18(23)21-10-9-20-16-7-4-8-19-12-16/h2-8,12,17,20H,9-11,13H2,1H3,(H,21,23)/t17-/m0/s1. The van der Waals surface area contributed by atoms with Crippen LogP contribution in [0.25, 0.3) is 0 Å². The topological polar surface area (TPSA) is 57.3 Å². The zero-order chi connectivity index (χ0) is 16.1. The molecule has 5 nitrogen and oxygen atoms in total. The summed E-state index contributed by atoms with van der Waals surface area (Å²) < 4.78 is 0. The maximum absolute atomic E-state index is 12.4. The molecular weight excluding hydrogens is 288 g/mol. The zero-order valence-electron chi connectivity index (χ0n) is 13.3. The largest absolute Gasteiger partial charge is 0.382 e. The Morgan fingerprint density at radius 2 is 2.04 bits per heavy atom. The molecule has 5 heteroatoms. The monoisotopic (exact) mass is 310 g/mol. The van der Waals surface area contributed by atoms with Gasteiger partial charge in [-0.05, 0) is 36.7 Å². The number of hydrogen-bond acceptors (Lipinski definition) is 4. The molecule has 120 valence electrons. The molecule has 2 aromatic rings. The van der Waals surface area contributed by atoms with Crippen molar-refractivity contribution >= 4 is 11.6 Å². The molecule has 2 heterocycles. The Morgan fingerprint density at radius 1 is 1.22 bits per heavy atom. The number of pyridine rings is 1. The normalized spacial score (nSPS) is 17.3. The summed E-state index contributed by atoms with van der Waals surface area (Å²) in [6, 6.07) is 12.1. The lowest BCUT2D eigenvalue weighted by molar-refractivity contribution is -0.126. The molecular formula is C18H22N4O. The van der Waals surface area contributed by atoms with E-state index in [1.165, 1.54) is 11.1 Å². The first kappa shape index (κ1) is 15.5. The minimum Gasteiger partial charge on any atom is -0.382 e. The summed E-state index contributed by atoms with van der Waals surface area (Å²) in [5.41, 5.74) is 3.56. The number of amides is 1. The van der Waals surface area contributed by atoms with Crippen LogP contribution in [0.1, 0.15) is 11.1 Å². The average molecular weight is 310 g/mol. The summed E-state index contributed by atoms with van der Waals surface area (Å²) in [7, 11) is 2.01. The second-order valence-electron chi connectivity index (χ2n) is 5.86. The van der Waals surface area contributed by atoms with Crippen LogP contribution >= 0.6 is 0 Å². The molecule has 0 fully saturated rings. The molecule has 0 spiro atoms. The third-order valence-corrected chi connectivity index (χ3v) is 4.20. The summed E-state index contributed by atoms with van der Waals surface area (Å²) in [4.78, 5) is 18.6. The number of aromatic nitrogens is 1. The van der Waals surface area contributed by atoms with E-state index >= 15 is 0 Å². The lowest BCUT2D eigenvalue weighted by Crippen LogP contribution is -2.49. The average Bonchev–Trinajstić information content (AvgIpc) is 2.59. The molecule has 3 rings (SSSR count). The van der Waals surface area contributed by atoms with Crippen molar-refractivity contribution in [2.24, 2.45) is 0 Å². The first-order valence-corrected chi connectivity index (χ1v) is 7.92. The molecule has 0 bridgehead atoms. The SMILES string of the molecule is CN1Cc2ccccc2C[C@H]1C(=O)NCCNc1cccnc1. The molecule has 0 saturated carbocycles. The minimum absolute atomic E-state index is 0.0926. The fourth-order valence-corrected chi connectivity index (χ4v) is 2.92. The fourth-order valence-electron chi connectivity index (χ4n) is 2.92. The van der Waals surface area contributed by atoms with Gasteiger partial charge in [-0.2, -0.15) is 0 Å². The van der Waals surface area contributed by atoms with Crippen molar-refractivity contribution < 1.29 is 4.79 Å². The number of likely N-dealkylation sites (N-methyl/N-ethyl adjacent to an activating group) is 1. The highest BCUT2D eigenvalue weighted by Crippen LogP contribution is 2.21. The number of carbonyl (C=O) groups excluding carboxylic acids is 1. The van der Waals surface area contributed by atoms with Gasteiger partial charge in [-0.3, -0.25) is 14.7 Å². The van der Waals surface area contributed by atoms with Crippen LogP contribution in [-0.2, 0) is 17.8 Å². The highest BCUT2D eigenvalue weighted by Gasteiger charge is 2.28. The third-order valence-electron chi connectivity index (χ3n) is 4.20. The molecule has 0 radical (unpaired) electrons. The lowest BCUT2D eigenvalue weighted by Gasteiger charge is -2.33. The molecule has 0 aliphatic carbocycles. The van der Waals surface area contributed by atoms with Gasteiger partial charge < -0.3 is 10.6 Å². The second kappa shape index (κ2) is 7.24. The number of carbonyl (C=O) groups is 1. The van der Waals surface area contributed by atoms with Crippen molar-refractivity contribution in [1.82, 2.24) is 15.2 Å². The number of nitrogens with one attached hydrogen (secondary N) is 2. The van der Waals surface area contributed by atoms with E-state index in [2.05, 4.69) is 38.7 Å². The predicted octanol–water partition coefficient (Wildman–Crippen LogP) is 1.67. The minimum atomic E-state index is -0.0942. The van der Waals surface area contributed by atoms with Crippen LogP contribution in [0.15, 0.2) is 48.8 Å². The van der Waals surface area contributed by atoms with Crippen molar-refractivity contribution in [3.8, 4) is 0 Å². The molecule has 1 aromatic heterocycles. The van der Waals surface area contributed by atoms with E-state index in [1.54, 1.807) is 12.4 Å². The Balaban J connectivity index is 1.49. The number of fused-ring (bicyclic) bond motifs is 1. The summed E-state index contributed by atoms with van der Waals surface area (Å²) in [6.45, 7) is 2.10. The van der Waals surface area contributed by atoms with E-state index in [0.29, 0.717) is 13.1 Å². The number of anilines is 1. The highest BCUT2D eigenvalue weighted by molar-refractivity contribution is 5.82. The summed E-state index contributed by atoms with van der Waals surface area (Å²) in [5, 5.41) is 6.26. The maximum atomic E-state index is 12.4. The smallest absolute Gasteiger partial charge is 0.237 e. The molecule has 0 saturated heterocycles. The maximum Gasteiger partial charge on any atom is 0.237 e. The molecule has 23 heavy (non-hydrogen) atoms. The van der Waals surface area contributed by atoms with Crippen LogP contribution in [0, 0.1) is 0 Å². The van der Waals surface area contributed by atoms with Gasteiger partial charge in [0.15, 0.2) is 0 Å².